The van der Waals surface area contributed by atoms with E-state index in [9.17, 15) is 4.79 Å². The van der Waals surface area contributed by atoms with Gasteiger partial charge in [-0.1, -0.05) is 26.8 Å². The average molecular weight is 238 g/mol. The van der Waals surface area contributed by atoms with E-state index in [1.165, 1.54) is 31.8 Å². The van der Waals surface area contributed by atoms with Crippen LogP contribution in [0.5, 0.6) is 0 Å². The predicted octanol–water partition coefficient (Wildman–Crippen LogP) is 2.32. The molecule has 0 amide bonds. The van der Waals surface area contributed by atoms with Gasteiger partial charge in [0, 0.05) is 5.69 Å². The van der Waals surface area contributed by atoms with Gasteiger partial charge in [0.1, 0.15) is 0 Å². The lowest BCUT2D eigenvalue weighted by atomic mass is 10.2. The van der Waals surface area contributed by atoms with Crippen molar-refractivity contribution in [2.45, 2.75) is 20.8 Å². The monoisotopic (exact) mass is 238 g/mol. The Morgan fingerprint density at radius 2 is 1.76 bits per heavy atom. The highest BCUT2D eigenvalue weighted by Gasteiger charge is 1.99. The third-order valence-corrected chi connectivity index (χ3v) is 2.48. The van der Waals surface area contributed by atoms with Gasteiger partial charge in [-0.15, -0.1) is 0 Å². The summed E-state index contributed by atoms with van der Waals surface area (Å²) in [7, 11) is 0. The second kappa shape index (κ2) is 8.58. The summed E-state index contributed by atoms with van der Waals surface area (Å²) in [4.78, 5) is 12.7. The zero-order valence-electron chi connectivity index (χ0n) is 10.8. The van der Waals surface area contributed by atoms with Gasteiger partial charge in [0.2, 0.25) is 0 Å². The molecule has 3 N–H and O–H groups in total. The summed E-state index contributed by atoms with van der Waals surface area (Å²) in [6.45, 7) is 10.1. The molecular formula is C13H22N2O2. The summed E-state index contributed by atoms with van der Waals surface area (Å²) < 4.78 is 0. The van der Waals surface area contributed by atoms with Gasteiger partial charge in [0.25, 0.3) is 0 Å². The normalized spacial score (nSPS) is 9.65. The lowest BCUT2D eigenvalue weighted by Gasteiger charge is -2.13. The van der Waals surface area contributed by atoms with Crippen molar-refractivity contribution in [3.05, 3.63) is 29.8 Å². The van der Waals surface area contributed by atoms with Crippen molar-refractivity contribution in [2.75, 3.05) is 25.4 Å². The van der Waals surface area contributed by atoms with Crippen molar-refractivity contribution in [3.8, 4) is 0 Å². The molecule has 1 aromatic carbocycles. The van der Waals surface area contributed by atoms with E-state index in [-0.39, 0.29) is 5.56 Å². The SMILES string of the molecule is CCN(CC)CC.Nc1cccc(C(=O)O)c1. The molecule has 4 heteroatoms. The summed E-state index contributed by atoms with van der Waals surface area (Å²) in [5.74, 6) is -0.952. The number of nitrogens with two attached hydrogens (primary N) is 1. The Balaban J connectivity index is 0.000000325. The zero-order valence-corrected chi connectivity index (χ0v) is 10.8. The summed E-state index contributed by atoms with van der Waals surface area (Å²) in [6, 6.07) is 6.17. The van der Waals surface area contributed by atoms with E-state index < -0.39 is 5.97 Å². The third-order valence-electron chi connectivity index (χ3n) is 2.48. The molecule has 0 bridgehead atoms. The number of hydrogen-bond acceptors (Lipinski definition) is 3. The van der Waals surface area contributed by atoms with Gasteiger partial charge in [-0.25, -0.2) is 4.79 Å². The Kier molecular flexibility index (Phi) is 7.80. The maximum absolute atomic E-state index is 10.3. The van der Waals surface area contributed by atoms with Crippen molar-refractivity contribution in [1.82, 2.24) is 4.90 Å². The molecule has 17 heavy (non-hydrogen) atoms. The number of anilines is 1. The first-order chi connectivity index (χ1) is 8.04. The van der Waals surface area contributed by atoms with Crippen molar-refractivity contribution in [1.29, 1.82) is 0 Å². The van der Waals surface area contributed by atoms with Crippen LogP contribution in [0.4, 0.5) is 5.69 Å². The van der Waals surface area contributed by atoms with Crippen LogP contribution in [-0.2, 0) is 0 Å². The Bertz CT molecular complexity index is 330. The Labute approximate surface area is 103 Å². The summed E-state index contributed by atoms with van der Waals surface area (Å²) in [6.07, 6.45) is 0. The van der Waals surface area contributed by atoms with Crippen molar-refractivity contribution in [2.24, 2.45) is 0 Å². The first-order valence-corrected chi connectivity index (χ1v) is 5.86. The molecule has 1 aromatic rings. The van der Waals surface area contributed by atoms with E-state index in [0.717, 1.165) is 0 Å². The van der Waals surface area contributed by atoms with Gasteiger partial charge >= 0.3 is 5.97 Å². The van der Waals surface area contributed by atoms with Gasteiger partial charge in [0.15, 0.2) is 0 Å². The second-order valence-corrected chi connectivity index (χ2v) is 3.55. The molecule has 0 aliphatic rings. The van der Waals surface area contributed by atoms with E-state index in [1.807, 2.05) is 0 Å². The molecule has 0 atom stereocenters. The fraction of sp³-hybridized carbons (Fsp3) is 0.462. The largest absolute Gasteiger partial charge is 0.478 e. The molecule has 0 spiro atoms. The van der Waals surface area contributed by atoms with E-state index in [1.54, 1.807) is 12.1 Å². The topological polar surface area (TPSA) is 66.6 Å². The van der Waals surface area contributed by atoms with Crippen LogP contribution in [0.2, 0.25) is 0 Å². The van der Waals surface area contributed by atoms with Crippen LogP contribution in [0, 0.1) is 0 Å². The lowest BCUT2D eigenvalue weighted by molar-refractivity contribution is 0.0697. The summed E-state index contributed by atoms with van der Waals surface area (Å²) >= 11 is 0. The van der Waals surface area contributed by atoms with E-state index in [2.05, 4.69) is 25.7 Å². The second-order valence-electron chi connectivity index (χ2n) is 3.55. The molecule has 1 rings (SSSR count). The lowest BCUT2D eigenvalue weighted by Crippen LogP contribution is -2.21. The highest BCUT2D eigenvalue weighted by atomic mass is 16.4. The standard InChI is InChI=1S/C7H7NO2.C6H15N/c8-6-3-1-2-5(4-6)7(9)10;1-4-7(5-2)6-3/h1-4H,8H2,(H,9,10);4-6H2,1-3H3. The number of aromatic carboxylic acids is 1. The fourth-order valence-electron chi connectivity index (χ4n) is 1.34. The molecule has 0 radical (unpaired) electrons. The number of nitrogen functional groups attached to an aromatic ring is 1. The molecule has 0 heterocycles. The molecule has 0 aliphatic heterocycles. The first kappa shape index (κ1) is 15.4. The van der Waals surface area contributed by atoms with Crippen LogP contribution < -0.4 is 5.73 Å². The molecule has 0 unspecified atom stereocenters. The fourth-order valence-corrected chi connectivity index (χ4v) is 1.34. The Morgan fingerprint density at radius 1 is 1.24 bits per heavy atom. The number of nitrogens with zero attached hydrogens (tertiary/aromatic N) is 1. The van der Waals surface area contributed by atoms with Crippen LogP contribution in [0.1, 0.15) is 31.1 Å². The van der Waals surface area contributed by atoms with E-state index in [0.29, 0.717) is 5.69 Å². The summed E-state index contributed by atoms with van der Waals surface area (Å²) in [5, 5.41) is 8.45. The third kappa shape index (κ3) is 6.58. The van der Waals surface area contributed by atoms with Crippen LogP contribution in [-0.4, -0.2) is 35.6 Å². The molecule has 0 saturated carbocycles. The maximum Gasteiger partial charge on any atom is 0.335 e. The number of rotatable bonds is 4. The first-order valence-electron chi connectivity index (χ1n) is 5.86. The van der Waals surface area contributed by atoms with Gasteiger partial charge in [-0.2, -0.15) is 0 Å². The van der Waals surface area contributed by atoms with Gasteiger partial charge < -0.3 is 15.7 Å². The van der Waals surface area contributed by atoms with Crippen molar-refractivity contribution in [3.63, 3.8) is 0 Å². The predicted molar refractivity (Wildman–Crippen MR) is 71.3 cm³/mol. The quantitative estimate of drug-likeness (QED) is 0.790. The van der Waals surface area contributed by atoms with Crippen molar-refractivity contribution >= 4 is 11.7 Å². The van der Waals surface area contributed by atoms with Crippen LogP contribution in [0.25, 0.3) is 0 Å². The van der Waals surface area contributed by atoms with Gasteiger partial charge in [-0.05, 0) is 37.8 Å². The molecule has 0 aromatic heterocycles. The van der Waals surface area contributed by atoms with Crippen LogP contribution in [0.3, 0.4) is 0 Å². The zero-order chi connectivity index (χ0) is 13.3. The molecule has 0 aliphatic carbocycles. The number of carboxylic acids is 1. The summed E-state index contributed by atoms with van der Waals surface area (Å²) in [5.41, 5.74) is 6.03. The van der Waals surface area contributed by atoms with E-state index in [4.69, 9.17) is 10.8 Å². The number of hydrogen-bond donors (Lipinski definition) is 2. The minimum absolute atomic E-state index is 0.222. The highest BCUT2D eigenvalue weighted by Crippen LogP contribution is 2.05. The molecule has 0 fully saturated rings. The number of benzene rings is 1. The minimum atomic E-state index is -0.952. The molecule has 4 nitrogen and oxygen atoms in total. The minimum Gasteiger partial charge on any atom is -0.478 e. The molecule has 0 saturated heterocycles. The number of carbonyl (C=O) groups is 1. The van der Waals surface area contributed by atoms with Crippen LogP contribution in [0.15, 0.2) is 24.3 Å². The van der Waals surface area contributed by atoms with Crippen LogP contribution >= 0.6 is 0 Å². The van der Waals surface area contributed by atoms with Gasteiger partial charge in [-0.3, -0.25) is 0 Å². The smallest absolute Gasteiger partial charge is 0.335 e. The highest BCUT2D eigenvalue weighted by molar-refractivity contribution is 5.88. The average Bonchev–Trinajstić information content (AvgIpc) is 2.32. The molecule has 96 valence electrons. The molecular weight excluding hydrogens is 216 g/mol. The van der Waals surface area contributed by atoms with Gasteiger partial charge in [0.05, 0.1) is 5.56 Å². The maximum atomic E-state index is 10.3. The van der Waals surface area contributed by atoms with Crippen molar-refractivity contribution < 1.29 is 9.90 Å². The van der Waals surface area contributed by atoms with E-state index >= 15 is 0 Å². The Hall–Kier alpha value is -1.55. The number of carboxylic acid groups (broad SMARTS) is 1. The Morgan fingerprint density at radius 3 is 2.00 bits per heavy atom.